The summed E-state index contributed by atoms with van der Waals surface area (Å²) in [6.45, 7) is 1.90. The zero-order chi connectivity index (χ0) is 7.98. The van der Waals surface area contributed by atoms with Gasteiger partial charge in [-0.05, 0) is 6.92 Å². The van der Waals surface area contributed by atoms with E-state index in [2.05, 4.69) is 4.74 Å². The van der Waals surface area contributed by atoms with Crippen LogP contribution in [0.3, 0.4) is 0 Å². The van der Waals surface area contributed by atoms with Crippen LogP contribution in [0.25, 0.3) is 0 Å². The second kappa shape index (κ2) is 8.10. The van der Waals surface area contributed by atoms with Crippen LogP contribution in [-0.2, 0) is 14.3 Å². The molecular formula is C6H8GdO4. The van der Waals surface area contributed by atoms with E-state index in [0.29, 0.717) is 0 Å². The Kier molecular flexibility index (Phi) is 10.0. The first-order chi connectivity index (χ1) is 4.66. The molecule has 0 rings (SSSR count). The van der Waals surface area contributed by atoms with Gasteiger partial charge in [0, 0.05) is 52.1 Å². The summed E-state index contributed by atoms with van der Waals surface area (Å²) < 4.78 is 4.40. The van der Waals surface area contributed by atoms with E-state index < -0.39 is 11.9 Å². The van der Waals surface area contributed by atoms with Gasteiger partial charge < -0.3 is 9.84 Å². The summed E-state index contributed by atoms with van der Waals surface area (Å²) in [4.78, 5) is 20.2. The molecule has 0 unspecified atom stereocenters. The molecule has 0 aliphatic rings. The number of rotatable bonds is 3. The summed E-state index contributed by atoms with van der Waals surface area (Å²) in [6.07, 6.45) is 1.60. The van der Waals surface area contributed by atoms with Gasteiger partial charge in [-0.1, -0.05) is 0 Å². The molecule has 0 atom stereocenters. The van der Waals surface area contributed by atoms with Gasteiger partial charge in [-0.2, -0.15) is 0 Å². The van der Waals surface area contributed by atoms with E-state index in [1.54, 1.807) is 6.92 Å². The van der Waals surface area contributed by atoms with Gasteiger partial charge in [-0.15, -0.1) is 0 Å². The van der Waals surface area contributed by atoms with Crippen LogP contribution in [0.4, 0.5) is 0 Å². The monoisotopic (exact) mass is 302 g/mol. The molecule has 64 valence electrons. The first-order valence-corrected chi connectivity index (χ1v) is 2.74. The number of carbonyl (C=O) groups excluding carboxylic acids is 1. The van der Waals surface area contributed by atoms with Crippen molar-refractivity contribution in [1.82, 2.24) is 0 Å². The number of carbonyl (C=O) groups is 2. The third-order valence-corrected chi connectivity index (χ3v) is 0.649. The van der Waals surface area contributed by atoms with Crippen molar-refractivity contribution in [1.29, 1.82) is 0 Å². The number of ether oxygens (including phenoxy) is 1. The van der Waals surface area contributed by atoms with Crippen molar-refractivity contribution in [3.8, 4) is 0 Å². The summed E-state index contributed by atoms with van der Waals surface area (Å²) in [7, 11) is 0. The predicted octanol–water partition coefficient (Wildman–Crippen LogP) is 0.190. The molecule has 0 heterocycles. The van der Waals surface area contributed by atoms with E-state index in [0.717, 1.165) is 12.2 Å². The molecule has 0 bridgehead atoms. The number of hydrogen-bond acceptors (Lipinski definition) is 3. The van der Waals surface area contributed by atoms with Crippen molar-refractivity contribution in [2.24, 2.45) is 0 Å². The third-order valence-electron chi connectivity index (χ3n) is 0.649. The SMILES string of the molecule is CCOC(=O)/C=C\C(=O)O.[Gd]. The molecule has 0 radical (unpaired) electrons. The standard InChI is InChI=1S/C6H8O4.Gd/c1-2-10-6(9)4-3-5(7)8;/h3-4H,2H2,1H3,(H,7,8);/b4-3-;. The van der Waals surface area contributed by atoms with E-state index >= 15 is 0 Å². The van der Waals surface area contributed by atoms with Crippen LogP contribution in [0, 0.1) is 39.9 Å². The van der Waals surface area contributed by atoms with Crippen LogP contribution >= 0.6 is 0 Å². The average molecular weight is 301 g/mol. The summed E-state index contributed by atoms with van der Waals surface area (Å²) in [5, 5.41) is 8.04. The van der Waals surface area contributed by atoms with Gasteiger partial charge >= 0.3 is 11.9 Å². The second-order valence-corrected chi connectivity index (χ2v) is 1.42. The Hall–Kier alpha value is 0.00468. The molecule has 5 heteroatoms. The molecule has 4 nitrogen and oxygen atoms in total. The van der Waals surface area contributed by atoms with Crippen LogP contribution in [0.1, 0.15) is 6.92 Å². The van der Waals surface area contributed by atoms with Gasteiger partial charge in [0.15, 0.2) is 0 Å². The summed E-state index contributed by atoms with van der Waals surface area (Å²) >= 11 is 0. The summed E-state index contributed by atoms with van der Waals surface area (Å²) in [5.74, 6) is -1.79. The van der Waals surface area contributed by atoms with Crippen molar-refractivity contribution in [3.05, 3.63) is 12.2 Å². The van der Waals surface area contributed by atoms with Crippen molar-refractivity contribution in [2.75, 3.05) is 6.61 Å². The third kappa shape index (κ3) is 10.0. The minimum Gasteiger partial charge on any atom is -0.478 e. The topological polar surface area (TPSA) is 63.6 Å². The van der Waals surface area contributed by atoms with Gasteiger partial charge in [-0.25, -0.2) is 9.59 Å². The summed E-state index contributed by atoms with van der Waals surface area (Å²) in [5.41, 5.74) is 0. The fourth-order valence-electron chi connectivity index (χ4n) is 0.330. The first kappa shape index (κ1) is 13.6. The molecule has 0 amide bonds. The molecule has 0 aliphatic heterocycles. The quantitative estimate of drug-likeness (QED) is 0.597. The number of esters is 1. The van der Waals surface area contributed by atoms with Gasteiger partial charge in [0.2, 0.25) is 0 Å². The molecule has 0 aromatic heterocycles. The minimum absolute atomic E-state index is 0. The number of aliphatic carboxylic acids is 1. The van der Waals surface area contributed by atoms with Gasteiger partial charge in [0.1, 0.15) is 0 Å². The molecule has 0 aromatic carbocycles. The second-order valence-electron chi connectivity index (χ2n) is 1.42. The Morgan fingerprint density at radius 2 is 2.00 bits per heavy atom. The van der Waals surface area contributed by atoms with Gasteiger partial charge in [0.25, 0.3) is 0 Å². The van der Waals surface area contributed by atoms with Crippen LogP contribution in [0.15, 0.2) is 12.2 Å². The van der Waals surface area contributed by atoms with Crippen molar-refractivity contribution in [3.63, 3.8) is 0 Å². The van der Waals surface area contributed by atoms with E-state index in [4.69, 9.17) is 5.11 Å². The maximum Gasteiger partial charge on any atom is 0.330 e. The van der Waals surface area contributed by atoms with Crippen molar-refractivity contribution < 1.29 is 59.4 Å². The van der Waals surface area contributed by atoms with Crippen molar-refractivity contribution >= 4 is 11.9 Å². The van der Waals surface area contributed by atoms with Crippen LogP contribution < -0.4 is 0 Å². The Labute approximate surface area is 96.3 Å². The molecule has 0 fully saturated rings. The molecular weight excluding hydrogens is 293 g/mol. The van der Waals surface area contributed by atoms with Crippen LogP contribution in [-0.4, -0.2) is 23.7 Å². The van der Waals surface area contributed by atoms with Gasteiger partial charge in [0.05, 0.1) is 6.61 Å². The van der Waals surface area contributed by atoms with E-state index in [9.17, 15) is 9.59 Å². The Bertz CT molecular complexity index is 164. The number of carboxylic acid groups (broad SMARTS) is 1. The van der Waals surface area contributed by atoms with Crippen molar-refractivity contribution in [2.45, 2.75) is 6.92 Å². The molecule has 0 spiro atoms. The molecule has 0 saturated carbocycles. The Morgan fingerprint density at radius 3 is 2.36 bits per heavy atom. The zero-order valence-electron chi connectivity index (χ0n) is 5.89. The molecule has 11 heavy (non-hydrogen) atoms. The predicted molar refractivity (Wildman–Crippen MR) is 33.4 cm³/mol. The number of hydrogen-bond donors (Lipinski definition) is 1. The van der Waals surface area contributed by atoms with Crippen LogP contribution in [0.5, 0.6) is 0 Å². The van der Waals surface area contributed by atoms with E-state index in [1.165, 1.54) is 0 Å². The fraction of sp³-hybridized carbons (Fsp3) is 0.333. The molecule has 0 saturated heterocycles. The smallest absolute Gasteiger partial charge is 0.330 e. The first-order valence-electron chi connectivity index (χ1n) is 2.74. The Balaban J connectivity index is 0. The maximum absolute atomic E-state index is 10.4. The Morgan fingerprint density at radius 1 is 1.45 bits per heavy atom. The zero-order valence-corrected chi connectivity index (χ0v) is 8.16. The molecule has 0 aromatic rings. The average Bonchev–Trinajstić information content (AvgIpc) is 1.85. The fourth-order valence-corrected chi connectivity index (χ4v) is 0.330. The van der Waals surface area contributed by atoms with Crippen LogP contribution in [0.2, 0.25) is 0 Å². The van der Waals surface area contributed by atoms with E-state index in [-0.39, 0.29) is 46.5 Å². The van der Waals surface area contributed by atoms with E-state index in [1.807, 2.05) is 0 Å². The number of carboxylic acids is 1. The largest absolute Gasteiger partial charge is 0.478 e. The molecule has 0 aliphatic carbocycles. The molecule has 1 N–H and O–H groups in total. The normalized spacial score (nSPS) is 8.82. The summed E-state index contributed by atoms with van der Waals surface area (Å²) in [6, 6.07) is 0. The minimum atomic E-state index is -1.16. The maximum atomic E-state index is 10.4. The van der Waals surface area contributed by atoms with Gasteiger partial charge in [-0.3, -0.25) is 0 Å².